The van der Waals surface area contributed by atoms with E-state index in [0.717, 1.165) is 11.0 Å². The molecule has 2 rings (SSSR count). The Bertz CT molecular complexity index is 411. The van der Waals surface area contributed by atoms with E-state index in [1.54, 1.807) is 0 Å². The summed E-state index contributed by atoms with van der Waals surface area (Å²) in [6, 6.07) is 7.26. The fourth-order valence-electron chi connectivity index (χ4n) is 2.49. The highest BCUT2D eigenvalue weighted by molar-refractivity contribution is 9.11. The Labute approximate surface area is 106 Å². The Hall–Kier alpha value is -0.600. The molecular weight excluding hydrogens is 262 g/mol. The molecule has 0 saturated heterocycles. The van der Waals surface area contributed by atoms with E-state index in [1.807, 2.05) is 0 Å². The standard InChI is InChI=1S/C14H18BrN/c1-9-4-5-12-7-10(2)14(13(12)6-9)16-8-11(3)15/h4-6,10,14,16H,3,7-8H2,1-2H3. The normalized spacial score (nSPS) is 23.2. The van der Waals surface area contributed by atoms with Gasteiger partial charge in [-0.2, -0.15) is 0 Å². The number of rotatable bonds is 3. The third kappa shape index (κ3) is 2.38. The van der Waals surface area contributed by atoms with Crippen LogP contribution in [0.4, 0.5) is 0 Å². The Kier molecular flexibility index (Phi) is 3.50. The summed E-state index contributed by atoms with van der Waals surface area (Å²) < 4.78 is 1.01. The number of hydrogen-bond donors (Lipinski definition) is 1. The lowest BCUT2D eigenvalue weighted by Crippen LogP contribution is -2.25. The Morgan fingerprint density at radius 2 is 2.31 bits per heavy atom. The zero-order chi connectivity index (χ0) is 11.7. The van der Waals surface area contributed by atoms with Gasteiger partial charge in [0.25, 0.3) is 0 Å². The smallest absolute Gasteiger partial charge is 0.0355 e. The van der Waals surface area contributed by atoms with Crippen LogP contribution in [0.15, 0.2) is 29.3 Å². The number of aryl methyl sites for hydroxylation is 1. The van der Waals surface area contributed by atoms with Crippen LogP contribution in [0.1, 0.15) is 29.7 Å². The monoisotopic (exact) mass is 279 g/mol. The zero-order valence-corrected chi connectivity index (χ0v) is 11.5. The highest BCUT2D eigenvalue weighted by Gasteiger charge is 2.28. The maximum absolute atomic E-state index is 3.87. The van der Waals surface area contributed by atoms with E-state index in [4.69, 9.17) is 0 Å². The third-order valence-corrected chi connectivity index (χ3v) is 3.54. The highest BCUT2D eigenvalue weighted by atomic mass is 79.9. The largest absolute Gasteiger partial charge is 0.305 e. The Morgan fingerprint density at radius 3 is 3.00 bits per heavy atom. The van der Waals surface area contributed by atoms with Crippen molar-refractivity contribution in [1.29, 1.82) is 0 Å². The van der Waals surface area contributed by atoms with Gasteiger partial charge in [-0.25, -0.2) is 0 Å². The fourth-order valence-corrected chi connectivity index (χ4v) is 2.65. The van der Waals surface area contributed by atoms with Gasteiger partial charge in [-0.3, -0.25) is 0 Å². The first-order valence-electron chi connectivity index (χ1n) is 5.74. The summed E-state index contributed by atoms with van der Waals surface area (Å²) in [4.78, 5) is 0. The molecule has 1 aromatic rings. The van der Waals surface area contributed by atoms with Crippen LogP contribution in [-0.2, 0) is 6.42 Å². The number of fused-ring (bicyclic) bond motifs is 1. The first-order valence-corrected chi connectivity index (χ1v) is 6.53. The van der Waals surface area contributed by atoms with E-state index in [2.05, 4.69) is 59.9 Å². The lowest BCUT2D eigenvalue weighted by Gasteiger charge is -2.18. The molecule has 0 amide bonds. The van der Waals surface area contributed by atoms with Crippen molar-refractivity contribution in [2.75, 3.05) is 6.54 Å². The number of hydrogen-bond acceptors (Lipinski definition) is 1. The Morgan fingerprint density at radius 1 is 1.56 bits per heavy atom. The van der Waals surface area contributed by atoms with Crippen molar-refractivity contribution in [3.8, 4) is 0 Å². The van der Waals surface area contributed by atoms with Gasteiger partial charge in [-0.15, -0.1) is 0 Å². The summed E-state index contributed by atoms with van der Waals surface area (Å²) in [5.74, 6) is 0.670. The minimum Gasteiger partial charge on any atom is -0.305 e. The second-order valence-corrected chi connectivity index (χ2v) is 5.88. The number of nitrogens with one attached hydrogen (secondary N) is 1. The minimum absolute atomic E-state index is 0.476. The molecule has 2 unspecified atom stereocenters. The molecule has 0 bridgehead atoms. The molecule has 2 heteroatoms. The molecule has 0 aromatic heterocycles. The molecule has 1 nitrogen and oxygen atoms in total. The van der Waals surface area contributed by atoms with E-state index in [-0.39, 0.29) is 0 Å². The topological polar surface area (TPSA) is 12.0 Å². The summed E-state index contributed by atoms with van der Waals surface area (Å²) in [7, 11) is 0. The van der Waals surface area contributed by atoms with Gasteiger partial charge < -0.3 is 5.32 Å². The quantitative estimate of drug-likeness (QED) is 0.889. The van der Waals surface area contributed by atoms with Crippen LogP contribution in [0.25, 0.3) is 0 Å². The van der Waals surface area contributed by atoms with Crippen LogP contribution in [0.2, 0.25) is 0 Å². The lowest BCUT2D eigenvalue weighted by atomic mass is 10.0. The number of halogens is 1. The van der Waals surface area contributed by atoms with Crippen molar-refractivity contribution < 1.29 is 0 Å². The van der Waals surface area contributed by atoms with E-state index < -0.39 is 0 Å². The second-order valence-electron chi connectivity index (χ2n) is 4.76. The van der Waals surface area contributed by atoms with Gasteiger partial charge in [0, 0.05) is 17.1 Å². The molecule has 0 saturated carbocycles. The summed E-state index contributed by atoms with van der Waals surface area (Å²) in [6.45, 7) is 9.17. The molecule has 0 spiro atoms. The molecule has 0 fully saturated rings. The van der Waals surface area contributed by atoms with Crippen molar-refractivity contribution in [2.45, 2.75) is 26.3 Å². The average molecular weight is 280 g/mol. The molecule has 1 aliphatic carbocycles. The van der Waals surface area contributed by atoms with Crippen molar-refractivity contribution >= 4 is 15.9 Å². The fraction of sp³-hybridized carbons (Fsp3) is 0.429. The lowest BCUT2D eigenvalue weighted by molar-refractivity contribution is 0.432. The van der Waals surface area contributed by atoms with E-state index in [9.17, 15) is 0 Å². The highest BCUT2D eigenvalue weighted by Crippen LogP contribution is 2.36. The summed E-state index contributed by atoms with van der Waals surface area (Å²) in [6.07, 6.45) is 1.18. The molecule has 16 heavy (non-hydrogen) atoms. The molecule has 1 aromatic carbocycles. The van der Waals surface area contributed by atoms with Crippen molar-refractivity contribution in [3.05, 3.63) is 46.0 Å². The minimum atomic E-state index is 0.476. The van der Waals surface area contributed by atoms with Gasteiger partial charge in [-0.1, -0.05) is 53.2 Å². The van der Waals surface area contributed by atoms with E-state index in [1.165, 1.54) is 23.1 Å². The molecule has 0 aliphatic heterocycles. The van der Waals surface area contributed by atoms with Crippen molar-refractivity contribution in [2.24, 2.45) is 5.92 Å². The van der Waals surface area contributed by atoms with E-state index >= 15 is 0 Å². The van der Waals surface area contributed by atoms with E-state index in [0.29, 0.717) is 12.0 Å². The molecule has 1 aliphatic rings. The van der Waals surface area contributed by atoms with Crippen LogP contribution >= 0.6 is 15.9 Å². The van der Waals surface area contributed by atoms with Crippen LogP contribution in [-0.4, -0.2) is 6.54 Å². The molecular formula is C14H18BrN. The van der Waals surface area contributed by atoms with Gasteiger partial charge in [-0.05, 0) is 30.4 Å². The summed E-state index contributed by atoms with van der Waals surface area (Å²) >= 11 is 3.40. The number of benzene rings is 1. The molecule has 1 N–H and O–H groups in total. The Balaban J connectivity index is 2.21. The molecule has 86 valence electrons. The van der Waals surface area contributed by atoms with Crippen LogP contribution in [0.3, 0.4) is 0 Å². The van der Waals surface area contributed by atoms with Crippen molar-refractivity contribution in [1.82, 2.24) is 5.32 Å². The first-order chi connectivity index (χ1) is 7.58. The first kappa shape index (κ1) is 11.9. The van der Waals surface area contributed by atoms with Gasteiger partial charge >= 0.3 is 0 Å². The van der Waals surface area contributed by atoms with Crippen molar-refractivity contribution in [3.63, 3.8) is 0 Å². The molecule has 2 atom stereocenters. The average Bonchev–Trinajstić information content (AvgIpc) is 2.51. The van der Waals surface area contributed by atoms with Crippen LogP contribution in [0.5, 0.6) is 0 Å². The van der Waals surface area contributed by atoms with Crippen LogP contribution in [0, 0.1) is 12.8 Å². The maximum atomic E-state index is 3.87. The second kappa shape index (κ2) is 4.72. The maximum Gasteiger partial charge on any atom is 0.0355 e. The van der Waals surface area contributed by atoms with Gasteiger partial charge in [0.1, 0.15) is 0 Å². The zero-order valence-electron chi connectivity index (χ0n) is 9.89. The molecule has 0 radical (unpaired) electrons. The summed E-state index contributed by atoms with van der Waals surface area (Å²) in [5, 5.41) is 3.57. The predicted octanol–water partition coefficient (Wildman–Crippen LogP) is 3.73. The third-order valence-electron chi connectivity index (χ3n) is 3.26. The van der Waals surface area contributed by atoms with Gasteiger partial charge in [0.2, 0.25) is 0 Å². The predicted molar refractivity (Wildman–Crippen MR) is 72.9 cm³/mol. The van der Waals surface area contributed by atoms with Gasteiger partial charge in [0.05, 0.1) is 0 Å². The summed E-state index contributed by atoms with van der Waals surface area (Å²) in [5.41, 5.74) is 4.31. The van der Waals surface area contributed by atoms with Crippen LogP contribution < -0.4 is 5.32 Å². The van der Waals surface area contributed by atoms with Gasteiger partial charge in [0.15, 0.2) is 0 Å². The molecule has 0 heterocycles. The SMILES string of the molecule is C=C(Br)CNC1c2cc(C)ccc2CC1C.